The Kier molecular flexibility index (Phi) is 4.44. The number of hydrogen-bond acceptors (Lipinski definition) is 3. The first-order valence-corrected chi connectivity index (χ1v) is 9.08. The van der Waals surface area contributed by atoms with Crippen LogP contribution in [0.1, 0.15) is 48.6 Å². The van der Waals surface area contributed by atoms with Crippen LogP contribution in [-0.4, -0.2) is 18.2 Å². The van der Waals surface area contributed by atoms with Gasteiger partial charge < -0.3 is 4.90 Å². The summed E-state index contributed by atoms with van der Waals surface area (Å²) >= 11 is 0. The number of fused-ring (bicyclic) bond motifs is 1. The second-order valence-corrected chi connectivity index (χ2v) is 7.98. The number of aromatic nitrogens is 1. The fourth-order valence-corrected chi connectivity index (χ4v) is 3.81. The molecule has 1 aromatic heterocycles. The number of nitrogens with zero attached hydrogens (tertiary/aromatic N) is 3. The standard InChI is InChI=1S/C22H29N3/c1-14(2)8-18-11-23-12-20-21(18)24-13-22(6,25(20)7)19-10-15(3)9-16(4)17(19)5/h9-14H,8H2,1-7H3. The number of aryl methyl sites for hydroxylation is 2. The van der Waals surface area contributed by atoms with E-state index in [0.29, 0.717) is 5.92 Å². The molecule has 1 unspecified atom stereocenters. The highest BCUT2D eigenvalue weighted by Crippen LogP contribution is 2.43. The second-order valence-electron chi connectivity index (χ2n) is 7.98. The molecule has 132 valence electrons. The number of benzene rings is 1. The molecule has 2 aromatic rings. The van der Waals surface area contributed by atoms with Gasteiger partial charge in [0.2, 0.25) is 0 Å². The van der Waals surface area contributed by atoms with Gasteiger partial charge in [0.1, 0.15) is 0 Å². The summed E-state index contributed by atoms with van der Waals surface area (Å²) in [5, 5.41) is 0. The Labute approximate surface area is 151 Å². The third-order valence-electron chi connectivity index (χ3n) is 5.46. The van der Waals surface area contributed by atoms with E-state index in [9.17, 15) is 0 Å². The molecule has 0 amide bonds. The molecule has 3 rings (SSSR count). The van der Waals surface area contributed by atoms with Crippen LogP contribution in [0.4, 0.5) is 11.4 Å². The molecule has 0 saturated carbocycles. The predicted molar refractivity (Wildman–Crippen MR) is 107 cm³/mol. The summed E-state index contributed by atoms with van der Waals surface area (Å²) in [6.45, 7) is 13.3. The SMILES string of the molecule is Cc1cc(C)c(C)c(C2(C)C=Nc3c(CC(C)C)cncc3N2C)c1. The zero-order chi connectivity index (χ0) is 18.4. The molecule has 0 bridgehead atoms. The van der Waals surface area contributed by atoms with Crippen molar-refractivity contribution in [2.45, 2.75) is 53.5 Å². The molecule has 1 atom stereocenters. The lowest BCUT2D eigenvalue weighted by Gasteiger charge is -2.42. The van der Waals surface area contributed by atoms with Crippen molar-refractivity contribution in [3.8, 4) is 0 Å². The molecule has 25 heavy (non-hydrogen) atoms. The van der Waals surface area contributed by atoms with Crippen LogP contribution in [-0.2, 0) is 12.0 Å². The Hall–Kier alpha value is -2.16. The summed E-state index contributed by atoms with van der Waals surface area (Å²) < 4.78 is 0. The van der Waals surface area contributed by atoms with Gasteiger partial charge in [-0.3, -0.25) is 9.98 Å². The van der Waals surface area contributed by atoms with Crippen molar-refractivity contribution in [3.05, 3.63) is 52.3 Å². The maximum absolute atomic E-state index is 4.92. The molecule has 0 spiro atoms. The maximum Gasteiger partial charge on any atom is 0.0980 e. The van der Waals surface area contributed by atoms with Crippen LogP contribution in [0.2, 0.25) is 0 Å². The zero-order valence-electron chi connectivity index (χ0n) is 16.5. The Bertz CT molecular complexity index is 835. The molecule has 1 aliphatic rings. The van der Waals surface area contributed by atoms with Crippen molar-refractivity contribution < 1.29 is 0 Å². The summed E-state index contributed by atoms with van der Waals surface area (Å²) in [6, 6.07) is 4.54. The van der Waals surface area contributed by atoms with Crippen molar-refractivity contribution in [2.75, 3.05) is 11.9 Å². The fraction of sp³-hybridized carbons (Fsp3) is 0.455. The second kappa shape index (κ2) is 6.29. The molecule has 0 fully saturated rings. The summed E-state index contributed by atoms with van der Waals surface area (Å²) in [5.41, 5.74) is 8.42. The van der Waals surface area contributed by atoms with Crippen LogP contribution >= 0.6 is 0 Å². The lowest BCUT2D eigenvalue weighted by Crippen LogP contribution is -2.45. The maximum atomic E-state index is 4.92. The van der Waals surface area contributed by atoms with E-state index < -0.39 is 0 Å². The quantitative estimate of drug-likeness (QED) is 0.764. The Morgan fingerprint density at radius 2 is 1.84 bits per heavy atom. The molecular weight excluding hydrogens is 306 g/mol. The van der Waals surface area contributed by atoms with Crippen molar-refractivity contribution in [1.29, 1.82) is 0 Å². The minimum atomic E-state index is -0.272. The van der Waals surface area contributed by atoms with Crippen LogP contribution in [0.15, 0.2) is 29.5 Å². The van der Waals surface area contributed by atoms with Crippen LogP contribution in [0.25, 0.3) is 0 Å². The molecule has 3 nitrogen and oxygen atoms in total. The minimum absolute atomic E-state index is 0.272. The Balaban J connectivity index is 2.14. The molecule has 3 heteroatoms. The van der Waals surface area contributed by atoms with E-state index in [1.54, 1.807) is 0 Å². The van der Waals surface area contributed by atoms with E-state index in [1.165, 1.54) is 27.8 Å². The first-order chi connectivity index (χ1) is 11.7. The van der Waals surface area contributed by atoms with E-state index in [1.807, 2.05) is 12.4 Å². The van der Waals surface area contributed by atoms with Gasteiger partial charge in [-0.2, -0.15) is 0 Å². The lowest BCUT2D eigenvalue weighted by atomic mass is 9.83. The van der Waals surface area contributed by atoms with E-state index in [4.69, 9.17) is 4.99 Å². The number of anilines is 1. The third-order valence-corrected chi connectivity index (χ3v) is 5.46. The predicted octanol–water partition coefficient (Wildman–Crippen LogP) is 5.27. The van der Waals surface area contributed by atoms with E-state index in [2.05, 4.69) is 76.8 Å². The largest absolute Gasteiger partial charge is 0.357 e. The van der Waals surface area contributed by atoms with Crippen LogP contribution in [0, 0.1) is 26.7 Å². The Morgan fingerprint density at radius 3 is 2.52 bits per heavy atom. The van der Waals surface area contributed by atoms with Crippen molar-refractivity contribution in [2.24, 2.45) is 10.9 Å². The molecule has 0 radical (unpaired) electrons. The molecule has 2 heterocycles. The first kappa shape index (κ1) is 17.7. The van der Waals surface area contributed by atoms with Crippen LogP contribution in [0.3, 0.4) is 0 Å². The number of pyridine rings is 1. The van der Waals surface area contributed by atoms with E-state index >= 15 is 0 Å². The summed E-state index contributed by atoms with van der Waals surface area (Å²) in [5.74, 6) is 0.587. The summed E-state index contributed by atoms with van der Waals surface area (Å²) in [6.07, 6.45) is 7.03. The molecule has 0 N–H and O–H groups in total. The highest BCUT2D eigenvalue weighted by atomic mass is 15.2. The van der Waals surface area contributed by atoms with Gasteiger partial charge in [0.05, 0.1) is 23.1 Å². The zero-order valence-corrected chi connectivity index (χ0v) is 16.5. The van der Waals surface area contributed by atoms with Gasteiger partial charge in [-0.1, -0.05) is 31.5 Å². The monoisotopic (exact) mass is 335 g/mol. The average Bonchev–Trinajstić information content (AvgIpc) is 2.54. The molecule has 1 aliphatic heterocycles. The van der Waals surface area contributed by atoms with Gasteiger partial charge in [0.15, 0.2) is 0 Å². The van der Waals surface area contributed by atoms with Gasteiger partial charge in [-0.05, 0) is 62.3 Å². The smallest absolute Gasteiger partial charge is 0.0980 e. The summed E-state index contributed by atoms with van der Waals surface area (Å²) in [4.78, 5) is 11.7. The molecule has 0 saturated heterocycles. The van der Waals surface area contributed by atoms with E-state index in [0.717, 1.165) is 17.8 Å². The topological polar surface area (TPSA) is 28.5 Å². The molecule has 1 aromatic carbocycles. The minimum Gasteiger partial charge on any atom is -0.357 e. The van der Waals surface area contributed by atoms with Gasteiger partial charge in [-0.15, -0.1) is 0 Å². The normalized spacial score (nSPS) is 19.4. The Morgan fingerprint density at radius 1 is 1.12 bits per heavy atom. The van der Waals surface area contributed by atoms with Crippen molar-refractivity contribution in [3.63, 3.8) is 0 Å². The number of rotatable bonds is 3. The van der Waals surface area contributed by atoms with Gasteiger partial charge >= 0.3 is 0 Å². The number of aliphatic imine (C=N–C) groups is 1. The highest BCUT2D eigenvalue weighted by Gasteiger charge is 2.36. The van der Waals surface area contributed by atoms with Crippen molar-refractivity contribution >= 4 is 17.6 Å². The summed E-state index contributed by atoms with van der Waals surface area (Å²) in [7, 11) is 2.15. The van der Waals surface area contributed by atoms with Gasteiger partial charge in [0.25, 0.3) is 0 Å². The molecular formula is C22H29N3. The first-order valence-electron chi connectivity index (χ1n) is 9.08. The van der Waals surface area contributed by atoms with Gasteiger partial charge in [-0.25, -0.2) is 0 Å². The van der Waals surface area contributed by atoms with Gasteiger partial charge in [0, 0.05) is 19.5 Å². The third kappa shape index (κ3) is 2.97. The average molecular weight is 335 g/mol. The number of hydrogen-bond donors (Lipinski definition) is 0. The molecule has 0 aliphatic carbocycles. The van der Waals surface area contributed by atoms with Crippen LogP contribution < -0.4 is 4.90 Å². The highest BCUT2D eigenvalue weighted by molar-refractivity contribution is 5.89. The van der Waals surface area contributed by atoms with Crippen LogP contribution in [0.5, 0.6) is 0 Å². The van der Waals surface area contributed by atoms with E-state index in [-0.39, 0.29) is 5.54 Å². The lowest BCUT2D eigenvalue weighted by molar-refractivity contribution is 0.615. The van der Waals surface area contributed by atoms with Crippen molar-refractivity contribution in [1.82, 2.24) is 4.98 Å². The fourth-order valence-electron chi connectivity index (χ4n) is 3.81.